The van der Waals surface area contributed by atoms with Crippen molar-refractivity contribution in [1.29, 1.82) is 0 Å². The minimum absolute atomic E-state index is 1.04. The number of para-hydroxylation sites is 1. The summed E-state index contributed by atoms with van der Waals surface area (Å²) in [5, 5.41) is 0. The van der Waals surface area contributed by atoms with Gasteiger partial charge in [0, 0.05) is 17.9 Å². The third-order valence-corrected chi connectivity index (χ3v) is 2.31. The Morgan fingerprint density at radius 3 is 2.50 bits per heavy atom. The van der Waals surface area contributed by atoms with E-state index < -0.39 is 0 Å². The first kappa shape index (κ1) is 10.8. The van der Waals surface area contributed by atoms with Crippen LogP contribution in [0.5, 0.6) is 0 Å². The van der Waals surface area contributed by atoms with Crippen molar-refractivity contribution in [3.05, 3.63) is 42.1 Å². The molecule has 0 aliphatic heterocycles. The van der Waals surface area contributed by atoms with Crippen LogP contribution in [0.25, 0.3) is 0 Å². The fraction of sp³-hybridized carbons (Fsp3) is 0.385. The fourth-order valence-electron chi connectivity index (χ4n) is 1.61. The lowest BCUT2D eigenvalue weighted by molar-refractivity contribution is 0.847. The molecule has 0 aliphatic carbocycles. The van der Waals surface area contributed by atoms with Gasteiger partial charge in [0.1, 0.15) is 0 Å². The zero-order chi connectivity index (χ0) is 10.6. The smallest absolute Gasteiger partial charge is 0.0437 e. The van der Waals surface area contributed by atoms with Crippen molar-refractivity contribution in [3.63, 3.8) is 0 Å². The van der Waals surface area contributed by atoms with Crippen LogP contribution in [0.3, 0.4) is 0 Å². The molecule has 0 saturated carbocycles. The van der Waals surface area contributed by atoms with Gasteiger partial charge >= 0.3 is 0 Å². The Morgan fingerprint density at radius 1 is 1.36 bits per heavy atom. The van der Waals surface area contributed by atoms with Crippen molar-refractivity contribution < 1.29 is 0 Å². The van der Waals surface area contributed by atoms with Gasteiger partial charge in [-0.1, -0.05) is 31.7 Å². The molecule has 1 nitrogen and oxygen atoms in total. The maximum atomic E-state index is 4.02. The van der Waals surface area contributed by atoms with E-state index in [4.69, 9.17) is 0 Å². The highest BCUT2D eigenvalue weighted by molar-refractivity contribution is 5.56. The molecular formula is C13H19N. The molecular weight excluding hydrogens is 170 g/mol. The molecule has 1 rings (SSSR count). The molecule has 0 bridgehead atoms. The fourth-order valence-corrected chi connectivity index (χ4v) is 1.61. The van der Waals surface area contributed by atoms with Gasteiger partial charge in [-0.3, -0.25) is 0 Å². The quantitative estimate of drug-likeness (QED) is 0.697. The minimum Gasteiger partial charge on any atom is -0.346 e. The molecule has 0 spiro atoms. The Bertz CT molecular complexity index is 315. The third kappa shape index (κ3) is 2.38. The normalized spacial score (nSPS) is 9.93. The zero-order valence-corrected chi connectivity index (χ0v) is 9.38. The van der Waals surface area contributed by atoms with E-state index in [1.165, 1.54) is 11.3 Å². The third-order valence-electron chi connectivity index (χ3n) is 2.31. The predicted octanol–water partition coefficient (Wildman–Crippen LogP) is 3.75. The van der Waals surface area contributed by atoms with Gasteiger partial charge in [0.2, 0.25) is 0 Å². The summed E-state index contributed by atoms with van der Waals surface area (Å²) in [6, 6.07) is 8.44. The highest BCUT2D eigenvalue weighted by Crippen LogP contribution is 2.22. The van der Waals surface area contributed by atoms with Crippen molar-refractivity contribution >= 4 is 5.69 Å². The molecule has 0 saturated heterocycles. The first-order valence-corrected chi connectivity index (χ1v) is 5.15. The summed E-state index contributed by atoms with van der Waals surface area (Å²) in [6.45, 7) is 11.4. The molecule has 0 unspecified atom stereocenters. The first-order chi connectivity index (χ1) is 6.66. The summed E-state index contributed by atoms with van der Waals surface area (Å²) in [5.74, 6) is 0. The van der Waals surface area contributed by atoms with Crippen molar-refractivity contribution in [1.82, 2.24) is 0 Å². The average Bonchev–Trinajstić information content (AvgIpc) is 2.15. The van der Waals surface area contributed by atoms with E-state index in [0.29, 0.717) is 0 Å². The lowest BCUT2D eigenvalue weighted by Crippen LogP contribution is -2.21. The molecule has 0 radical (unpaired) electrons. The molecule has 14 heavy (non-hydrogen) atoms. The summed E-state index contributed by atoms with van der Waals surface area (Å²) >= 11 is 0. The molecule has 1 aromatic carbocycles. The number of hydrogen-bond donors (Lipinski definition) is 0. The molecule has 0 atom stereocenters. The summed E-state index contributed by atoms with van der Waals surface area (Å²) in [4.78, 5) is 2.27. The van der Waals surface area contributed by atoms with Crippen LogP contribution in [0.1, 0.15) is 25.8 Å². The number of aryl methyl sites for hydroxylation is 1. The van der Waals surface area contributed by atoms with Crippen LogP contribution in [0.4, 0.5) is 5.69 Å². The van der Waals surface area contributed by atoms with E-state index in [-0.39, 0.29) is 0 Å². The van der Waals surface area contributed by atoms with Gasteiger partial charge in [-0.2, -0.15) is 0 Å². The SMILES string of the molecule is C=C(C)N(CCC)c1ccccc1C. The monoisotopic (exact) mass is 189 g/mol. The van der Waals surface area contributed by atoms with E-state index in [1.54, 1.807) is 0 Å². The second-order valence-corrected chi connectivity index (χ2v) is 3.67. The second-order valence-electron chi connectivity index (χ2n) is 3.67. The second kappa shape index (κ2) is 4.85. The number of benzene rings is 1. The molecule has 0 aromatic heterocycles. The van der Waals surface area contributed by atoms with Crippen LogP contribution in [0.15, 0.2) is 36.5 Å². The average molecular weight is 189 g/mol. The van der Waals surface area contributed by atoms with Gasteiger partial charge in [0.05, 0.1) is 0 Å². The molecule has 1 aromatic rings. The number of hydrogen-bond acceptors (Lipinski definition) is 1. The number of allylic oxidation sites excluding steroid dienone is 1. The van der Waals surface area contributed by atoms with Crippen LogP contribution in [0.2, 0.25) is 0 Å². The predicted molar refractivity (Wildman–Crippen MR) is 63.6 cm³/mol. The van der Waals surface area contributed by atoms with E-state index >= 15 is 0 Å². The highest BCUT2D eigenvalue weighted by atomic mass is 15.1. The summed E-state index contributed by atoms with van der Waals surface area (Å²) in [7, 11) is 0. The lowest BCUT2D eigenvalue weighted by atomic mass is 10.1. The maximum Gasteiger partial charge on any atom is 0.0437 e. The number of nitrogens with zero attached hydrogens (tertiary/aromatic N) is 1. The van der Waals surface area contributed by atoms with Crippen LogP contribution in [-0.4, -0.2) is 6.54 Å². The molecule has 76 valence electrons. The molecule has 0 N–H and O–H groups in total. The maximum absolute atomic E-state index is 4.02. The zero-order valence-electron chi connectivity index (χ0n) is 9.38. The van der Waals surface area contributed by atoms with Gasteiger partial charge in [-0.25, -0.2) is 0 Å². The van der Waals surface area contributed by atoms with Gasteiger partial charge in [-0.15, -0.1) is 0 Å². The van der Waals surface area contributed by atoms with Crippen molar-refractivity contribution in [2.45, 2.75) is 27.2 Å². The largest absolute Gasteiger partial charge is 0.346 e. The van der Waals surface area contributed by atoms with Gasteiger partial charge in [0.15, 0.2) is 0 Å². The summed E-state index contributed by atoms with van der Waals surface area (Å²) in [6.07, 6.45) is 1.14. The van der Waals surface area contributed by atoms with E-state index in [2.05, 4.69) is 56.5 Å². The minimum atomic E-state index is 1.04. The van der Waals surface area contributed by atoms with Crippen molar-refractivity contribution in [2.24, 2.45) is 0 Å². The molecule has 0 fully saturated rings. The van der Waals surface area contributed by atoms with Crippen LogP contribution in [-0.2, 0) is 0 Å². The van der Waals surface area contributed by atoms with Crippen molar-refractivity contribution in [2.75, 3.05) is 11.4 Å². The Hall–Kier alpha value is -1.24. The molecule has 0 heterocycles. The summed E-state index contributed by atoms with van der Waals surface area (Å²) < 4.78 is 0. The van der Waals surface area contributed by atoms with Crippen LogP contribution >= 0.6 is 0 Å². The van der Waals surface area contributed by atoms with Crippen LogP contribution in [0, 0.1) is 6.92 Å². The van der Waals surface area contributed by atoms with Gasteiger partial charge < -0.3 is 4.90 Å². The highest BCUT2D eigenvalue weighted by Gasteiger charge is 2.07. The van der Waals surface area contributed by atoms with Gasteiger partial charge in [0.25, 0.3) is 0 Å². The molecule has 0 amide bonds. The van der Waals surface area contributed by atoms with Gasteiger partial charge in [-0.05, 0) is 31.9 Å². The summed E-state index contributed by atoms with van der Waals surface area (Å²) in [5.41, 5.74) is 3.70. The standard InChI is InChI=1S/C13H19N/c1-5-10-14(11(2)3)13-9-7-6-8-12(13)4/h6-9H,2,5,10H2,1,3-4H3. The Labute approximate surface area is 87.1 Å². The first-order valence-electron chi connectivity index (χ1n) is 5.15. The Morgan fingerprint density at radius 2 is 2.00 bits per heavy atom. The number of rotatable bonds is 4. The van der Waals surface area contributed by atoms with E-state index in [1.807, 2.05) is 0 Å². The topological polar surface area (TPSA) is 3.24 Å². The van der Waals surface area contributed by atoms with Crippen LogP contribution < -0.4 is 4.90 Å². The Balaban J connectivity index is 2.99. The van der Waals surface area contributed by atoms with E-state index in [9.17, 15) is 0 Å². The lowest BCUT2D eigenvalue weighted by Gasteiger charge is -2.25. The molecule has 1 heteroatoms. The van der Waals surface area contributed by atoms with Crippen molar-refractivity contribution in [3.8, 4) is 0 Å². The Kier molecular flexibility index (Phi) is 3.75. The van der Waals surface area contributed by atoms with E-state index in [0.717, 1.165) is 18.7 Å². The number of anilines is 1. The molecule has 0 aliphatic rings.